The molecule has 0 radical (unpaired) electrons. The minimum atomic E-state index is 0.329. The molecule has 96 valence electrons. The van der Waals surface area contributed by atoms with Gasteiger partial charge in [-0.2, -0.15) is 0 Å². The first kappa shape index (κ1) is 13.6. The number of likely N-dealkylation sites (N-methyl/N-ethyl adjacent to an activating group) is 1. The molecule has 2 rings (SSSR count). The van der Waals surface area contributed by atoms with Crippen LogP contribution in [0.15, 0.2) is 42.5 Å². The van der Waals surface area contributed by atoms with E-state index in [1.165, 1.54) is 10.4 Å². The second-order valence-corrected chi connectivity index (χ2v) is 6.12. The molecule has 2 unspecified atom stereocenters. The summed E-state index contributed by atoms with van der Waals surface area (Å²) in [5, 5.41) is 3.56. The maximum Gasteiger partial charge on any atom is 0.0931 e. The molecule has 0 saturated carbocycles. The molecule has 1 N–H and O–H groups in total. The minimum absolute atomic E-state index is 0.329. The van der Waals surface area contributed by atoms with Gasteiger partial charge in [0, 0.05) is 16.8 Å². The zero-order chi connectivity index (χ0) is 13.0. The predicted molar refractivity (Wildman–Crippen MR) is 80.6 cm³/mol. The van der Waals surface area contributed by atoms with Gasteiger partial charge in [-0.25, -0.2) is 0 Å². The van der Waals surface area contributed by atoms with E-state index in [0.717, 1.165) is 10.9 Å². The molecule has 0 aliphatic heterocycles. The Kier molecular flexibility index (Phi) is 4.81. The molecule has 1 nitrogen and oxygen atoms in total. The first-order chi connectivity index (χ1) is 8.72. The smallest absolute Gasteiger partial charge is 0.0931 e. The Balaban J connectivity index is 2.25. The van der Waals surface area contributed by atoms with Crippen molar-refractivity contribution in [2.24, 2.45) is 0 Å². The van der Waals surface area contributed by atoms with Crippen LogP contribution in [-0.4, -0.2) is 6.54 Å². The van der Waals surface area contributed by atoms with Crippen LogP contribution in [0.1, 0.15) is 36.2 Å². The lowest BCUT2D eigenvalue weighted by Crippen LogP contribution is -2.24. The van der Waals surface area contributed by atoms with Gasteiger partial charge in [0.15, 0.2) is 0 Å². The van der Waals surface area contributed by atoms with Crippen LogP contribution >= 0.6 is 22.9 Å². The third kappa shape index (κ3) is 3.14. The van der Waals surface area contributed by atoms with Crippen LogP contribution in [-0.2, 0) is 0 Å². The summed E-state index contributed by atoms with van der Waals surface area (Å²) >= 11 is 7.71. The van der Waals surface area contributed by atoms with E-state index >= 15 is 0 Å². The first-order valence-corrected chi connectivity index (χ1v) is 7.45. The molecule has 0 spiro atoms. The van der Waals surface area contributed by atoms with Crippen LogP contribution < -0.4 is 5.32 Å². The fraction of sp³-hybridized carbons (Fsp3) is 0.333. The van der Waals surface area contributed by atoms with Crippen molar-refractivity contribution in [1.82, 2.24) is 5.32 Å². The van der Waals surface area contributed by atoms with Crippen molar-refractivity contribution in [3.8, 4) is 0 Å². The Morgan fingerprint density at radius 3 is 2.44 bits per heavy atom. The summed E-state index contributed by atoms with van der Waals surface area (Å²) in [6.45, 7) is 5.35. The maximum atomic E-state index is 6.05. The SMILES string of the molecule is CCNC(c1ccc(Cl)s1)C(C)c1ccccc1. The van der Waals surface area contributed by atoms with Crippen molar-refractivity contribution in [2.45, 2.75) is 25.8 Å². The van der Waals surface area contributed by atoms with Gasteiger partial charge in [-0.1, -0.05) is 55.8 Å². The highest BCUT2D eigenvalue weighted by Gasteiger charge is 2.21. The first-order valence-electron chi connectivity index (χ1n) is 6.26. The summed E-state index contributed by atoms with van der Waals surface area (Å²) in [6.07, 6.45) is 0. The molecule has 0 aliphatic carbocycles. The second kappa shape index (κ2) is 6.37. The van der Waals surface area contributed by atoms with Crippen LogP contribution in [0, 0.1) is 0 Å². The Bertz CT molecular complexity index is 480. The molecular weight excluding hydrogens is 262 g/mol. The van der Waals surface area contributed by atoms with E-state index in [0.29, 0.717) is 12.0 Å². The van der Waals surface area contributed by atoms with Gasteiger partial charge in [-0.3, -0.25) is 0 Å². The molecule has 1 aromatic heterocycles. The molecule has 1 heterocycles. The van der Waals surface area contributed by atoms with E-state index in [1.54, 1.807) is 11.3 Å². The van der Waals surface area contributed by atoms with E-state index in [2.05, 4.69) is 55.6 Å². The summed E-state index contributed by atoms with van der Waals surface area (Å²) in [6, 6.07) is 15.0. The molecule has 2 aromatic rings. The van der Waals surface area contributed by atoms with Gasteiger partial charge in [0.1, 0.15) is 0 Å². The van der Waals surface area contributed by atoms with Gasteiger partial charge in [0.25, 0.3) is 0 Å². The van der Waals surface area contributed by atoms with E-state index < -0.39 is 0 Å². The van der Waals surface area contributed by atoms with Gasteiger partial charge in [0.2, 0.25) is 0 Å². The van der Waals surface area contributed by atoms with Crippen LogP contribution in [0.3, 0.4) is 0 Å². The lowest BCUT2D eigenvalue weighted by atomic mass is 9.92. The molecule has 2 atom stereocenters. The molecule has 18 heavy (non-hydrogen) atoms. The van der Waals surface area contributed by atoms with Gasteiger partial charge in [0.05, 0.1) is 4.34 Å². The molecule has 0 saturated heterocycles. The number of nitrogens with one attached hydrogen (secondary N) is 1. The van der Waals surface area contributed by atoms with E-state index in [4.69, 9.17) is 11.6 Å². The van der Waals surface area contributed by atoms with Gasteiger partial charge in [-0.05, 0) is 24.2 Å². The average Bonchev–Trinajstić information content (AvgIpc) is 2.82. The zero-order valence-corrected chi connectivity index (χ0v) is 12.3. The highest BCUT2D eigenvalue weighted by molar-refractivity contribution is 7.16. The fourth-order valence-corrected chi connectivity index (χ4v) is 3.43. The molecular formula is C15H18ClNS. The second-order valence-electron chi connectivity index (χ2n) is 4.38. The number of hydrogen-bond acceptors (Lipinski definition) is 2. The van der Waals surface area contributed by atoms with Gasteiger partial charge < -0.3 is 5.32 Å². The van der Waals surface area contributed by atoms with Gasteiger partial charge in [-0.15, -0.1) is 11.3 Å². The minimum Gasteiger partial charge on any atom is -0.309 e. The highest BCUT2D eigenvalue weighted by Crippen LogP contribution is 2.35. The van der Waals surface area contributed by atoms with Crippen molar-refractivity contribution < 1.29 is 0 Å². The zero-order valence-electron chi connectivity index (χ0n) is 10.7. The Labute approximate surface area is 118 Å². The van der Waals surface area contributed by atoms with Crippen LogP contribution in [0.2, 0.25) is 4.34 Å². The number of rotatable bonds is 5. The van der Waals surface area contributed by atoms with E-state index in [1.807, 2.05) is 6.07 Å². The van der Waals surface area contributed by atoms with Crippen LogP contribution in [0.4, 0.5) is 0 Å². The largest absolute Gasteiger partial charge is 0.309 e. The lowest BCUT2D eigenvalue weighted by molar-refractivity contribution is 0.486. The van der Waals surface area contributed by atoms with Crippen molar-refractivity contribution >= 4 is 22.9 Å². The Morgan fingerprint density at radius 1 is 1.17 bits per heavy atom. The highest BCUT2D eigenvalue weighted by atomic mass is 35.5. The monoisotopic (exact) mass is 279 g/mol. The third-order valence-corrected chi connectivity index (χ3v) is 4.46. The normalized spacial score (nSPS) is 14.4. The summed E-state index contributed by atoms with van der Waals surface area (Å²) in [7, 11) is 0. The number of hydrogen-bond donors (Lipinski definition) is 1. The predicted octanol–water partition coefficient (Wildman–Crippen LogP) is 4.86. The molecule has 0 fully saturated rings. The molecule has 0 aliphatic rings. The summed E-state index contributed by atoms with van der Waals surface area (Å²) in [5.74, 6) is 0.431. The number of thiophene rings is 1. The van der Waals surface area contributed by atoms with Crippen LogP contribution in [0.5, 0.6) is 0 Å². The van der Waals surface area contributed by atoms with Crippen molar-refractivity contribution in [3.05, 3.63) is 57.2 Å². The lowest BCUT2D eigenvalue weighted by Gasteiger charge is -2.24. The van der Waals surface area contributed by atoms with Crippen LogP contribution in [0.25, 0.3) is 0 Å². The molecule has 0 bridgehead atoms. The van der Waals surface area contributed by atoms with Gasteiger partial charge >= 0.3 is 0 Å². The van der Waals surface area contributed by atoms with Crippen molar-refractivity contribution in [3.63, 3.8) is 0 Å². The number of halogens is 1. The summed E-state index contributed by atoms with van der Waals surface area (Å²) in [4.78, 5) is 1.30. The standard InChI is InChI=1S/C15H18ClNS/c1-3-17-15(13-9-10-14(16)18-13)11(2)12-7-5-4-6-8-12/h4-11,15,17H,3H2,1-2H3. The molecule has 0 amide bonds. The number of benzene rings is 1. The van der Waals surface area contributed by atoms with Crippen molar-refractivity contribution in [1.29, 1.82) is 0 Å². The molecule has 1 aromatic carbocycles. The fourth-order valence-electron chi connectivity index (χ4n) is 2.19. The average molecular weight is 280 g/mol. The maximum absolute atomic E-state index is 6.05. The Hall–Kier alpha value is -0.830. The summed E-state index contributed by atoms with van der Waals surface area (Å²) < 4.78 is 0.855. The van der Waals surface area contributed by atoms with E-state index in [-0.39, 0.29) is 0 Å². The molecule has 3 heteroatoms. The third-order valence-electron chi connectivity index (χ3n) is 3.15. The van der Waals surface area contributed by atoms with E-state index in [9.17, 15) is 0 Å². The Morgan fingerprint density at radius 2 is 1.89 bits per heavy atom. The topological polar surface area (TPSA) is 12.0 Å². The van der Waals surface area contributed by atoms with Crippen molar-refractivity contribution in [2.75, 3.05) is 6.54 Å². The quantitative estimate of drug-likeness (QED) is 0.824. The summed E-state index contributed by atoms with van der Waals surface area (Å²) in [5.41, 5.74) is 1.35.